The summed E-state index contributed by atoms with van der Waals surface area (Å²) in [6.07, 6.45) is 6.21. The Morgan fingerprint density at radius 3 is 2.52 bits per heavy atom. The van der Waals surface area contributed by atoms with Gasteiger partial charge in [0.1, 0.15) is 5.82 Å². The number of amides is 2. The predicted octanol–water partition coefficient (Wildman–Crippen LogP) is 4.01. The molecule has 3 fully saturated rings. The van der Waals surface area contributed by atoms with Gasteiger partial charge in [0.15, 0.2) is 0 Å². The molecule has 1 aromatic carbocycles. The smallest absolute Gasteiger partial charge is 0.253 e. The Balaban J connectivity index is 1.20. The van der Waals surface area contributed by atoms with Gasteiger partial charge in [-0.15, -0.1) is 0 Å². The summed E-state index contributed by atoms with van der Waals surface area (Å²) in [5.74, 6) is -0.618. The quantitative estimate of drug-likeness (QED) is 0.690. The van der Waals surface area contributed by atoms with E-state index in [9.17, 15) is 14.0 Å². The molecule has 0 saturated heterocycles. The minimum absolute atomic E-state index is 0.0527. The topological polar surface area (TPSA) is 62.6 Å². The lowest BCUT2D eigenvalue weighted by Gasteiger charge is -2.72. The second-order valence-electron chi connectivity index (χ2n) is 8.61. The van der Waals surface area contributed by atoms with E-state index in [0.29, 0.717) is 11.3 Å². The molecule has 3 aromatic rings. The number of anilines is 1. The Morgan fingerprint density at radius 2 is 1.83 bits per heavy atom. The lowest BCUT2D eigenvalue weighted by molar-refractivity contribution is -0.184. The van der Waals surface area contributed by atoms with Gasteiger partial charge in [-0.25, -0.2) is 4.39 Å². The first-order valence-electron chi connectivity index (χ1n) is 9.84. The molecule has 3 aliphatic carbocycles. The first-order chi connectivity index (χ1) is 13.9. The van der Waals surface area contributed by atoms with Crippen molar-refractivity contribution in [2.24, 2.45) is 11.3 Å². The van der Waals surface area contributed by atoms with E-state index in [-0.39, 0.29) is 34.5 Å². The zero-order chi connectivity index (χ0) is 20.2. The Morgan fingerprint density at radius 1 is 1.10 bits per heavy atom. The van der Waals surface area contributed by atoms with Crippen LogP contribution in [0.3, 0.4) is 0 Å². The molecule has 6 rings (SSSR count). The minimum atomic E-state index is -0.329. The van der Waals surface area contributed by atoms with Crippen molar-refractivity contribution in [1.82, 2.24) is 9.72 Å². The third kappa shape index (κ3) is 2.90. The zero-order valence-corrected chi connectivity index (χ0v) is 16.1. The number of rotatable bonds is 5. The highest BCUT2D eigenvalue weighted by Crippen LogP contribution is 2.70. The fourth-order valence-corrected chi connectivity index (χ4v) is 5.01. The van der Waals surface area contributed by atoms with E-state index >= 15 is 0 Å². The maximum absolute atomic E-state index is 13.0. The van der Waals surface area contributed by atoms with Crippen LogP contribution in [0.4, 0.5) is 10.1 Å². The van der Waals surface area contributed by atoms with E-state index < -0.39 is 0 Å². The number of carbonyl (C=O) groups is 2. The number of aromatic nitrogens is 1. The Kier molecular flexibility index (Phi) is 3.81. The first kappa shape index (κ1) is 17.9. The van der Waals surface area contributed by atoms with E-state index in [0.717, 1.165) is 24.8 Å². The van der Waals surface area contributed by atoms with Crippen LogP contribution in [0.15, 0.2) is 60.9 Å². The van der Waals surface area contributed by atoms with Crippen LogP contribution in [0.2, 0.25) is 0 Å². The molecule has 3 saturated carbocycles. The van der Waals surface area contributed by atoms with Gasteiger partial charge in [-0.1, -0.05) is 13.0 Å². The van der Waals surface area contributed by atoms with Crippen LogP contribution in [-0.4, -0.2) is 21.8 Å². The molecule has 6 heteroatoms. The molecule has 148 valence electrons. The average molecular weight is 391 g/mol. The van der Waals surface area contributed by atoms with Gasteiger partial charge in [0.05, 0.1) is 5.56 Å². The Hall–Kier alpha value is -3.15. The molecule has 2 N–H and O–H groups in total. The SMILES string of the molecule is CC(C(=O)Nc1ccc(F)cc1)C12CC(NC(=O)c3cc4ccccn4c3)(C1)C2. The molecular formula is C23H22FN3O2. The van der Waals surface area contributed by atoms with Gasteiger partial charge in [-0.2, -0.15) is 0 Å². The number of fused-ring (bicyclic) bond motifs is 1. The third-order valence-electron chi connectivity index (χ3n) is 6.64. The van der Waals surface area contributed by atoms with Crippen molar-refractivity contribution < 1.29 is 14.0 Å². The van der Waals surface area contributed by atoms with E-state index in [2.05, 4.69) is 10.6 Å². The van der Waals surface area contributed by atoms with Crippen molar-refractivity contribution in [3.63, 3.8) is 0 Å². The van der Waals surface area contributed by atoms with Gasteiger partial charge < -0.3 is 15.0 Å². The summed E-state index contributed by atoms with van der Waals surface area (Å²) in [5, 5.41) is 6.05. The summed E-state index contributed by atoms with van der Waals surface area (Å²) < 4.78 is 15.0. The van der Waals surface area contributed by atoms with Crippen molar-refractivity contribution in [1.29, 1.82) is 0 Å². The first-order valence-corrected chi connectivity index (χ1v) is 9.84. The number of nitrogens with one attached hydrogen (secondary N) is 2. The molecule has 1 unspecified atom stereocenters. The lowest BCUT2D eigenvalue weighted by atomic mass is 9.36. The third-order valence-corrected chi connectivity index (χ3v) is 6.64. The number of hydrogen-bond donors (Lipinski definition) is 2. The van der Waals surface area contributed by atoms with Crippen molar-refractivity contribution in [3.8, 4) is 0 Å². The monoisotopic (exact) mass is 391 g/mol. The van der Waals surface area contributed by atoms with Crippen molar-refractivity contribution >= 4 is 23.0 Å². The standard InChI is InChI=1S/C23H22FN3O2/c1-15(20(28)25-18-7-5-17(24)6-8-18)22-12-23(13-22,14-22)26-21(29)16-10-19-4-2-3-9-27(19)11-16/h2-11,15H,12-14H2,1H3,(H,25,28)(H,26,29). The molecule has 3 aliphatic rings. The fourth-order valence-electron chi connectivity index (χ4n) is 5.01. The predicted molar refractivity (Wildman–Crippen MR) is 108 cm³/mol. The molecule has 2 bridgehead atoms. The van der Waals surface area contributed by atoms with Gasteiger partial charge >= 0.3 is 0 Å². The number of pyridine rings is 1. The van der Waals surface area contributed by atoms with Crippen LogP contribution in [0, 0.1) is 17.2 Å². The maximum atomic E-state index is 13.0. The number of halogens is 1. The molecule has 0 spiro atoms. The fraction of sp³-hybridized carbons (Fsp3) is 0.304. The van der Waals surface area contributed by atoms with Gasteiger partial charge in [-0.3, -0.25) is 9.59 Å². The molecule has 29 heavy (non-hydrogen) atoms. The molecule has 1 atom stereocenters. The Bertz CT molecular complexity index is 1070. The van der Waals surface area contributed by atoms with Crippen LogP contribution >= 0.6 is 0 Å². The summed E-state index contributed by atoms with van der Waals surface area (Å²) >= 11 is 0. The average Bonchev–Trinajstić information content (AvgIpc) is 3.09. The number of benzene rings is 1. The van der Waals surface area contributed by atoms with Crippen LogP contribution in [0.1, 0.15) is 36.5 Å². The van der Waals surface area contributed by atoms with Crippen LogP contribution in [0.25, 0.3) is 5.52 Å². The van der Waals surface area contributed by atoms with Gasteiger partial charge in [0.25, 0.3) is 5.91 Å². The minimum Gasteiger partial charge on any atom is -0.346 e. The number of carbonyl (C=O) groups excluding carboxylic acids is 2. The highest BCUT2D eigenvalue weighted by molar-refractivity contribution is 5.97. The molecule has 2 amide bonds. The van der Waals surface area contributed by atoms with Crippen LogP contribution < -0.4 is 10.6 Å². The summed E-state index contributed by atoms with van der Waals surface area (Å²) in [5.41, 5.74) is 1.99. The summed E-state index contributed by atoms with van der Waals surface area (Å²) in [6, 6.07) is 13.5. The lowest BCUT2D eigenvalue weighted by Crippen LogP contribution is -2.77. The summed E-state index contributed by atoms with van der Waals surface area (Å²) in [7, 11) is 0. The van der Waals surface area contributed by atoms with E-state index in [1.165, 1.54) is 12.1 Å². The van der Waals surface area contributed by atoms with E-state index in [4.69, 9.17) is 0 Å². The molecule has 0 radical (unpaired) electrons. The molecule has 5 nitrogen and oxygen atoms in total. The van der Waals surface area contributed by atoms with Crippen molar-refractivity contribution in [2.45, 2.75) is 31.7 Å². The van der Waals surface area contributed by atoms with Gasteiger partial charge in [0.2, 0.25) is 5.91 Å². The number of hydrogen-bond acceptors (Lipinski definition) is 2. The summed E-state index contributed by atoms with van der Waals surface area (Å²) in [6.45, 7) is 1.93. The van der Waals surface area contributed by atoms with Crippen molar-refractivity contribution in [3.05, 3.63) is 72.3 Å². The number of nitrogens with zero attached hydrogens (tertiary/aromatic N) is 1. The Labute approximate surface area is 167 Å². The van der Waals surface area contributed by atoms with Gasteiger partial charge in [0, 0.05) is 35.1 Å². The highest BCUT2D eigenvalue weighted by atomic mass is 19.1. The zero-order valence-electron chi connectivity index (χ0n) is 16.1. The summed E-state index contributed by atoms with van der Waals surface area (Å²) in [4.78, 5) is 25.3. The van der Waals surface area contributed by atoms with E-state index in [1.54, 1.807) is 12.1 Å². The maximum Gasteiger partial charge on any atom is 0.253 e. The molecule has 0 aliphatic heterocycles. The highest BCUT2D eigenvalue weighted by Gasteiger charge is 2.71. The molecule has 2 aromatic heterocycles. The molecule has 2 heterocycles. The second kappa shape index (κ2) is 6.17. The van der Waals surface area contributed by atoms with Crippen LogP contribution in [0.5, 0.6) is 0 Å². The normalized spacial score (nSPS) is 25.6. The van der Waals surface area contributed by atoms with E-state index in [1.807, 2.05) is 48.0 Å². The second-order valence-corrected chi connectivity index (χ2v) is 8.61. The largest absolute Gasteiger partial charge is 0.346 e. The van der Waals surface area contributed by atoms with Crippen LogP contribution in [-0.2, 0) is 4.79 Å². The van der Waals surface area contributed by atoms with Crippen molar-refractivity contribution in [2.75, 3.05) is 5.32 Å². The molecular weight excluding hydrogens is 369 g/mol. The van der Waals surface area contributed by atoms with Gasteiger partial charge in [-0.05, 0) is 67.1 Å².